The second kappa shape index (κ2) is 13.1. The first-order valence-corrected chi connectivity index (χ1v) is 21.4. The number of thiophene rings is 1. The van der Waals surface area contributed by atoms with Crippen LogP contribution in [0.5, 0.6) is 0 Å². The van der Waals surface area contributed by atoms with Crippen molar-refractivity contribution in [2.45, 2.75) is 5.41 Å². The zero-order chi connectivity index (χ0) is 40.1. The van der Waals surface area contributed by atoms with Crippen LogP contribution in [0.3, 0.4) is 0 Å². The van der Waals surface area contributed by atoms with Gasteiger partial charge in [0.15, 0.2) is 17.5 Å². The molecule has 284 valence electrons. The third-order valence-electron chi connectivity index (χ3n) is 12.6. The number of aromatic nitrogens is 3. The van der Waals surface area contributed by atoms with Crippen molar-refractivity contribution in [3.8, 4) is 77.3 Å². The normalized spacial score (nSPS) is 14.6. The fraction of sp³-hybridized carbons (Fsp3) is 0.0179. The first-order chi connectivity index (χ1) is 30.3. The molecule has 0 aliphatic heterocycles. The van der Waals surface area contributed by atoms with Gasteiger partial charge in [0.05, 0.1) is 5.41 Å². The zero-order valence-corrected chi connectivity index (χ0v) is 33.5. The molecule has 0 saturated carbocycles. The Bertz CT molecular complexity index is 3540. The van der Waals surface area contributed by atoms with Crippen LogP contribution >= 0.6 is 11.3 Å². The molecule has 0 bridgehead atoms. The number of hydrogen-bond donors (Lipinski definition) is 0. The van der Waals surface area contributed by atoms with Crippen molar-refractivity contribution in [2.75, 3.05) is 0 Å². The van der Waals surface area contributed by atoms with Gasteiger partial charge in [-0.1, -0.05) is 188 Å². The molecule has 13 rings (SSSR count). The molecule has 1 atom stereocenters. The number of hydrogen-bond acceptors (Lipinski definition) is 5. The van der Waals surface area contributed by atoms with Gasteiger partial charge in [-0.2, -0.15) is 0 Å². The first-order valence-electron chi connectivity index (χ1n) is 20.6. The summed E-state index contributed by atoms with van der Waals surface area (Å²) >= 11 is 1.90. The van der Waals surface area contributed by atoms with Gasteiger partial charge in [0.25, 0.3) is 0 Å². The number of fused-ring (bicyclic) bond motifs is 13. The molecule has 3 aromatic heterocycles. The molecule has 1 unspecified atom stereocenters. The Labute approximate surface area is 356 Å². The van der Waals surface area contributed by atoms with Gasteiger partial charge >= 0.3 is 0 Å². The summed E-state index contributed by atoms with van der Waals surface area (Å²) < 4.78 is 6.36. The van der Waals surface area contributed by atoms with Crippen LogP contribution in [0.25, 0.3) is 99.2 Å². The van der Waals surface area contributed by atoms with E-state index < -0.39 is 5.41 Å². The van der Waals surface area contributed by atoms with Gasteiger partial charge < -0.3 is 4.42 Å². The Morgan fingerprint density at radius 3 is 1.57 bits per heavy atom. The molecule has 0 radical (unpaired) electrons. The lowest BCUT2D eigenvalue weighted by Crippen LogP contribution is -2.26. The van der Waals surface area contributed by atoms with Crippen molar-refractivity contribution in [2.24, 2.45) is 0 Å². The van der Waals surface area contributed by atoms with Gasteiger partial charge in [-0.05, 0) is 62.2 Å². The standard InChI is InChI=1S/C56H33N3OS/c1-4-18-34(19-5-1)51-49-38-25-11-14-30-43(38)56(50(49)52(61-51)35-20-6-2-7-21-35)42-29-13-10-24-37(42)47-40(27-16-31-44(47)56)54-57-53(36-22-8-3-9-23-36)58-55(59-54)41-28-17-33-46-48(41)39-26-12-15-32-45(39)60-46/h1-33H. The zero-order valence-electron chi connectivity index (χ0n) is 32.7. The van der Waals surface area contributed by atoms with Gasteiger partial charge in [0, 0.05) is 42.8 Å². The summed E-state index contributed by atoms with van der Waals surface area (Å²) in [4.78, 5) is 18.6. The van der Waals surface area contributed by atoms with Gasteiger partial charge in [0.2, 0.25) is 0 Å². The Hall–Kier alpha value is -7.73. The monoisotopic (exact) mass is 795 g/mol. The van der Waals surface area contributed by atoms with Crippen LogP contribution in [-0.2, 0) is 5.41 Å². The van der Waals surface area contributed by atoms with Crippen molar-refractivity contribution in [1.29, 1.82) is 0 Å². The Kier molecular flexibility index (Phi) is 7.36. The van der Waals surface area contributed by atoms with Crippen molar-refractivity contribution < 1.29 is 4.42 Å². The Morgan fingerprint density at radius 1 is 0.361 bits per heavy atom. The van der Waals surface area contributed by atoms with E-state index in [1.807, 2.05) is 53.8 Å². The van der Waals surface area contributed by atoms with Crippen LogP contribution in [-0.4, -0.2) is 15.0 Å². The average molecular weight is 796 g/mol. The van der Waals surface area contributed by atoms with E-state index in [0.717, 1.165) is 44.2 Å². The summed E-state index contributed by atoms with van der Waals surface area (Å²) in [5, 5.41) is 2.02. The van der Waals surface area contributed by atoms with E-state index in [4.69, 9.17) is 19.4 Å². The summed E-state index contributed by atoms with van der Waals surface area (Å²) in [6.45, 7) is 0. The quantitative estimate of drug-likeness (QED) is 0.174. The fourth-order valence-corrected chi connectivity index (χ4v) is 11.5. The number of para-hydroxylation sites is 1. The highest BCUT2D eigenvalue weighted by molar-refractivity contribution is 7.19. The van der Waals surface area contributed by atoms with Crippen LogP contribution < -0.4 is 0 Å². The van der Waals surface area contributed by atoms with E-state index >= 15 is 0 Å². The van der Waals surface area contributed by atoms with Crippen molar-refractivity contribution in [3.05, 3.63) is 222 Å². The lowest BCUT2D eigenvalue weighted by molar-refractivity contribution is 0.669. The van der Waals surface area contributed by atoms with E-state index in [9.17, 15) is 0 Å². The maximum atomic E-state index is 6.36. The maximum Gasteiger partial charge on any atom is 0.164 e. The summed E-state index contributed by atoms with van der Waals surface area (Å²) in [5.41, 5.74) is 16.3. The molecule has 8 aromatic carbocycles. The molecule has 0 N–H and O–H groups in total. The highest BCUT2D eigenvalue weighted by atomic mass is 32.1. The second-order valence-corrected chi connectivity index (χ2v) is 16.8. The minimum Gasteiger partial charge on any atom is -0.456 e. The van der Waals surface area contributed by atoms with Gasteiger partial charge in [0.1, 0.15) is 11.2 Å². The average Bonchev–Trinajstić information content (AvgIpc) is 4.08. The molecule has 11 aromatic rings. The lowest BCUT2D eigenvalue weighted by Gasteiger charge is -2.31. The predicted molar refractivity (Wildman–Crippen MR) is 248 cm³/mol. The second-order valence-electron chi connectivity index (χ2n) is 15.8. The highest BCUT2D eigenvalue weighted by Gasteiger charge is 2.55. The van der Waals surface area contributed by atoms with Crippen molar-refractivity contribution >= 4 is 33.3 Å². The molecule has 0 amide bonds. The van der Waals surface area contributed by atoms with Crippen molar-refractivity contribution in [1.82, 2.24) is 15.0 Å². The topological polar surface area (TPSA) is 51.8 Å². The van der Waals surface area contributed by atoms with E-state index in [1.165, 1.54) is 59.8 Å². The van der Waals surface area contributed by atoms with Crippen LogP contribution in [0.4, 0.5) is 0 Å². The molecule has 3 heterocycles. The SMILES string of the molecule is c1ccc(-c2nc(-c3cccc4c3-c3ccccc3C43c4ccccc4-c4c(-c5ccccc5)sc(-c5ccccc5)c43)nc(-c3cccc4oc5ccccc5c34)n2)cc1. The summed E-state index contributed by atoms with van der Waals surface area (Å²) in [7, 11) is 0. The number of nitrogens with zero attached hydrogens (tertiary/aromatic N) is 3. The molecule has 2 aliphatic carbocycles. The molecule has 0 saturated heterocycles. The van der Waals surface area contributed by atoms with Gasteiger partial charge in [-0.3, -0.25) is 0 Å². The molecular formula is C56H33N3OS. The molecule has 5 heteroatoms. The minimum atomic E-state index is -0.595. The molecule has 4 nitrogen and oxygen atoms in total. The maximum absolute atomic E-state index is 6.36. The molecular weight excluding hydrogens is 763 g/mol. The molecule has 0 fully saturated rings. The lowest BCUT2D eigenvalue weighted by atomic mass is 9.70. The van der Waals surface area contributed by atoms with Crippen LogP contribution in [0, 0.1) is 0 Å². The van der Waals surface area contributed by atoms with Crippen LogP contribution in [0.15, 0.2) is 205 Å². The smallest absolute Gasteiger partial charge is 0.164 e. The summed E-state index contributed by atoms with van der Waals surface area (Å²) in [6.07, 6.45) is 0. The third-order valence-corrected chi connectivity index (χ3v) is 13.9. The molecule has 1 spiro atoms. The first kappa shape index (κ1) is 34.2. The minimum absolute atomic E-state index is 0.595. The largest absolute Gasteiger partial charge is 0.456 e. The Morgan fingerprint density at radius 2 is 0.852 bits per heavy atom. The summed E-state index contributed by atoms with van der Waals surface area (Å²) in [5.74, 6) is 1.85. The van der Waals surface area contributed by atoms with E-state index in [0.29, 0.717) is 17.5 Å². The van der Waals surface area contributed by atoms with E-state index in [2.05, 4.69) is 158 Å². The van der Waals surface area contributed by atoms with E-state index in [-0.39, 0.29) is 0 Å². The number of furan rings is 1. The Balaban J connectivity index is 1.13. The van der Waals surface area contributed by atoms with Gasteiger partial charge in [-0.25, -0.2) is 15.0 Å². The van der Waals surface area contributed by atoms with E-state index in [1.54, 1.807) is 0 Å². The van der Waals surface area contributed by atoms with Gasteiger partial charge in [-0.15, -0.1) is 11.3 Å². The van der Waals surface area contributed by atoms with Crippen LogP contribution in [0.1, 0.15) is 22.3 Å². The predicted octanol–water partition coefficient (Wildman–Crippen LogP) is 14.5. The summed E-state index contributed by atoms with van der Waals surface area (Å²) in [6, 6.07) is 71.2. The number of benzene rings is 8. The highest BCUT2D eigenvalue weighted by Crippen LogP contribution is 2.68. The van der Waals surface area contributed by atoms with Crippen LogP contribution in [0.2, 0.25) is 0 Å². The molecule has 61 heavy (non-hydrogen) atoms. The third kappa shape index (κ3) is 4.84. The molecule has 2 aliphatic rings. The fourth-order valence-electron chi connectivity index (χ4n) is 10.2. The number of rotatable bonds is 5. The van der Waals surface area contributed by atoms with Crippen molar-refractivity contribution in [3.63, 3.8) is 0 Å².